The van der Waals surface area contributed by atoms with E-state index >= 15 is 0 Å². The van der Waals surface area contributed by atoms with Crippen LogP contribution in [0.25, 0.3) is 0 Å². The van der Waals surface area contributed by atoms with Gasteiger partial charge in [0, 0.05) is 18.0 Å². The minimum Gasteiger partial charge on any atom is -0.346 e. The van der Waals surface area contributed by atoms with E-state index in [1.807, 2.05) is 0 Å². The molecule has 2 rings (SSSR count). The lowest BCUT2D eigenvalue weighted by Crippen LogP contribution is -2.09. The lowest BCUT2D eigenvalue weighted by Gasteiger charge is -2.15. The Morgan fingerprint density at radius 2 is 2.19 bits per heavy atom. The average molecular weight is 232 g/mol. The summed E-state index contributed by atoms with van der Waals surface area (Å²) >= 11 is 0. The van der Waals surface area contributed by atoms with Crippen molar-refractivity contribution < 1.29 is 13.2 Å². The first-order valence-electron chi connectivity index (χ1n) is 5.60. The minimum atomic E-state index is -4.10. The van der Waals surface area contributed by atoms with Gasteiger partial charge in [-0.1, -0.05) is 6.92 Å². The average Bonchev–Trinajstić information content (AvgIpc) is 2.58. The van der Waals surface area contributed by atoms with Crippen LogP contribution in [0.15, 0.2) is 0 Å². The number of aromatic amines is 1. The van der Waals surface area contributed by atoms with Crippen LogP contribution in [0, 0.1) is 0 Å². The molecule has 2 nitrogen and oxygen atoms in total. The first-order valence-corrected chi connectivity index (χ1v) is 5.60. The zero-order valence-corrected chi connectivity index (χ0v) is 9.19. The molecule has 90 valence electrons. The van der Waals surface area contributed by atoms with Crippen molar-refractivity contribution in [3.05, 3.63) is 17.2 Å². The highest BCUT2D eigenvalue weighted by atomic mass is 19.4. The van der Waals surface area contributed by atoms with Crippen LogP contribution < -0.4 is 0 Å². The van der Waals surface area contributed by atoms with Crippen molar-refractivity contribution >= 4 is 0 Å². The Balaban J connectivity index is 2.07. The van der Waals surface area contributed by atoms with Crippen LogP contribution in [0.4, 0.5) is 13.2 Å². The number of alkyl halides is 3. The lowest BCUT2D eigenvalue weighted by molar-refractivity contribution is -0.134. The molecule has 1 N–H and O–H groups in total. The van der Waals surface area contributed by atoms with E-state index in [4.69, 9.17) is 0 Å². The topological polar surface area (TPSA) is 28.7 Å². The summed E-state index contributed by atoms with van der Waals surface area (Å²) < 4.78 is 36.2. The number of hydrogen-bond donors (Lipinski definition) is 1. The van der Waals surface area contributed by atoms with Gasteiger partial charge in [0.15, 0.2) is 0 Å². The first-order chi connectivity index (χ1) is 7.46. The summed E-state index contributed by atoms with van der Waals surface area (Å²) in [5.41, 5.74) is 2.01. The fraction of sp³-hybridized carbons (Fsp3) is 0.727. The summed E-state index contributed by atoms with van der Waals surface area (Å²) in [6, 6.07) is 0. The molecule has 0 saturated carbocycles. The van der Waals surface area contributed by atoms with Crippen LogP contribution >= 0.6 is 0 Å². The maximum absolute atomic E-state index is 12.1. The molecule has 1 aliphatic carbocycles. The molecule has 0 fully saturated rings. The zero-order chi connectivity index (χ0) is 11.8. The third-order valence-electron chi connectivity index (χ3n) is 3.04. The van der Waals surface area contributed by atoms with Gasteiger partial charge in [0.05, 0.1) is 12.1 Å². The number of halogens is 3. The van der Waals surface area contributed by atoms with Gasteiger partial charge in [-0.15, -0.1) is 0 Å². The lowest BCUT2D eigenvalue weighted by atomic mass is 9.92. The highest BCUT2D eigenvalue weighted by Crippen LogP contribution is 2.30. The van der Waals surface area contributed by atoms with Crippen molar-refractivity contribution in [1.29, 1.82) is 0 Å². The van der Waals surface area contributed by atoms with Crippen molar-refractivity contribution in [3.63, 3.8) is 0 Å². The van der Waals surface area contributed by atoms with Crippen LogP contribution in [0.5, 0.6) is 0 Å². The smallest absolute Gasteiger partial charge is 0.346 e. The van der Waals surface area contributed by atoms with Crippen LogP contribution in [-0.4, -0.2) is 16.1 Å². The zero-order valence-electron chi connectivity index (χ0n) is 9.19. The van der Waals surface area contributed by atoms with Gasteiger partial charge in [0.1, 0.15) is 5.82 Å². The van der Waals surface area contributed by atoms with E-state index in [9.17, 15) is 13.2 Å². The number of nitrogens with zero attached hydrogens (tertiary/aromatic N) is 1. The fourth-order valence-corrected chi connectivity index (χ4v) is 2.18. The Hall–Kier alpha value is -1.00. The molecule has 1 aromatic rings. The van der Waals surface area contributed by atoms with Crippen LogP contribution in [-0.2, 0) is 12.8 Å². The van der Waals surface area contributed by atoms with Gasteiger partial charge in [0.25, 0.3) is 0 Å². The van der Waals surface area contributed by atoms with E-state index in [2.05, 4.69) is 16.9 Å². The van der Waals surface area contributed by atoms with E-state index in [1.54, 1.807) is 0 Å². The van der Waals surface area contributed by atoms with Crippen molar-refractivity contribution in [2.75, 3.05) is 0 Å². The van der Waals surface area contributed by atoms with Gasteiger partial charge in [0.2, 0.25) is 0 Å². The molecule has 1 atom stereocenters. The number of imidazole rings is 1. The fourth-order valence-electron chi connectivity index (χ4n) is 2.18. The number of nitrogens with one attached hydrogen (secondary N) is 1. The minimum absolute atomic E-state index is 0.0385. The number of aryl methyl sites for hydroxylation is 2. The molecule has 0 saturated heterocycles. The molecule has 1 aromatic heterocycles. The van der Waals surface area contributed by atoms with E-state index < -0.39 is 12.6 Å². The number of fused-ring (bicyclic) bond motifs is 1. The SMILES string of the molecule is CC1CCCc2[nH]c(CCC(F)(F)F)nc21. The van der Waals surface area contributed by atoms with Crippen molar-refractivity contribution in [2.45, 2.75) is 51.1 Å². The Bertz CT molecular complexity index is 368. The molecular weight excluding hydrogens is 217 g/mol. The molecule has 0 radical (unpaired) electrons. The van der Waals surface area contributed by atoms with Gasteiger partial charge in [-0.05, 0) is 19.3 Å². The van der Waals surface area contributed by atoms with Gasteiger partial charge < -0.3 is 4.98 Å². The van der Waals surface area contributed by atoms with Crippen molar-refractivity contribution in [2.24, 2.45) is 0 Å². The molecule has 0 amide bonds. The highest BCUT2D eigenvalue weighted by Gasteiger charge is 2.28. The molecular formula is C11H15F3N2. The van der Waals surface area contributed by atoms with Gasteiger partial charge >= 0.3 is 6.18 Å². The third kappa shape index (κ3) is 2.57. The Morgan fingerprint density at radius 1 is 1.44 bits per heavy atom. The number of rotatable bonds is 2. The molecule has 1 unspecified atom stereocenters. The Kier molecular flexibility index (Phi) is 2.95. The molecule has 0 spiro atoms. The maximum atomic E-state index is 12.1. The van der Waals surface area contributed by atoms with Crippen molar-refractivity contribution in [3.8, 4) is 0 Å². The molecule has 1 aliphatic rings. The maximum Gasteiger partial charge on any atom is 0.389 e. The van der Waals surface area contributed by atoms with Gasteiger partial charge in [-0.3, -0.25) is 0 Å². The normalized spacial score (nSPS) is 20.9. The molecule has 1 heterocycles. The predicted molar refractivity (Wildman–Crippen MR) is 54.3 cm³/mol. The highest BCUT2D eigenvalue weighted by molar-refractivity contribution is 5.21. The second-order valence-corrected chi connectivity index (χ2v) is 4.46. The molecule has 0 aromatic carbocycles. The summed E-state index contributed by atoms with van der Waals surface area (Å²) in [4.78, 5) is 7.30. The summed E-state index contributed by atoms with van der Waals surface area (Å²) in [6.45, 7) is 2.08. The third-order valence-corrected chi connectivity index (χ3v) is 3.04. The number of aromatic nitrogens is 2. The molecule has 0 aliphatic heterocycles. The number of hydrogen-bond acceptors (Lipinski definition) is 1. The second kappa shape index (κ2) is 4.11. The largest absolute Gasteiger partial charge is 0.389 e. The summed E-state index contributed by atoms with van der Waals surface area (Å²) in [5.74, 6) is 0.857. The van der Waals surface area contributed by atoms with E-state index in [0.29, 0.717) is 11.7 Å². The van der Waals surface area contributed by atoms with Gasteiger partial charge in [-0.2, -0.15) is 13.2 Å². The van der Waals surface area contributed by atoms with Crippen LogP contribution in [0.3, 0.4) is 0 Å². The molecule has 16 heavy (non-hydrogen) atoms. The standard InChI is InChI=1S/C11H15F3N2/c1-7-3-2-4-8-10(7)16-9(15-8)5-6-11(12,13)14/h7H,2-6H2,1H3,(H,15,16). The Morgan fingerprint density at radius 3 is 2.81 bits per heavy atom. The molecule has 0 bridgehead atoms. The Labute approximate surface area is 92.3 Å². The summed E-state index contributed by atoms with van der Waals surface area (Å²) in [6.07, 6.45) is -1.85. The summed E-state index contributed by atoms with van der Waals surface area (Å²) in [7, 11) is 0. The van der Waals surface area contributed by atoms with E-state index in [0.717, 1.165) is 30.7 Å². The van der Waals surface area contributed by atoms with E-state index in [1.165, 1.54) is 0 Å². The van der Waals surface area contributed by atoms with E-state index in [-0.39, 0.29) is 6.42 Å². The van der Waals surface area contributed by atoms with Crippen molar-refractivity contribution in [1.82, 2.24) is 9.97 Å². The number of H-pyrrole nitrogens is 1. The second-order valence-electron chi connectivity index (χ2n) is 4.46. The van der Waals surface area contributed by atoms with Crippen LogP contribution in [0.2, 0.25) is 0 Å². The van der Waals surface area contributed by atoms with Gasteiger partial charge in [-0.25, -0.2) is 4.98 Å². The monoisotopic (exact) mass is 232 g/mol. The quantitative estimate of drug-likeness (QED) is 0.832. The first kappa shape index (κ1) is 11.5. The molecule has 5 heteroatoms. The predicted octanol–water partition coefficient (Wildman–Crippen LogP) is 3.34. The van der Waals surface area contributed by atoms with Crippen LogP contribution in [0.1, 0.15) is 49.3 Å². The summed E-state index contributed by atoms with van der Waals surface area (Å²) in [5, 5.41) is 0.